The minimum Gasteiger partial charge on any atom is -0.379 e. The van der Waals surface area contributed by atoms with Gasteiger partial charge >= 0.3 is 0 Å². The van der Waals surface area contributed by atoms with E-state index < -0.39 is 6.04 Å². The topological polar surface area (TPSA) is 135 Å². The van der Waals surface area contributed by atoms with Gasteiger partial charge in [-0.15, -0.1) is 0 Å². The Morgan fingerprint density at radius 1 is 0.812 bits per heavy atom. The van der Waals surface area contributed by atoms with Gasteiger partial charge < -0.3 is 30.7 Å². The van der Waals surface area contributed by atoms with Crippen molar-refractivity contribution in [3.05, 3.63) is 0 Å². The zero-order valence-corrected chi connectivity index (χ0v) is 19.9. The number of unbranched alkanes of at least 4 members (excludes halogenated alkanes) is 2. The molecule has 0 rings (SSSR count). The highest BCUT2D eigenvalue weighted by Gasteiger charge is 2.23. The van der Waals surface area contributed by atoms with E-state index in [9.17, 15) is 19.2 Å². The summed E-state index contributed by atoms with van der Waals surface area (Å²) >= 11 is 0. The molecule has 0 aromatic carbocycles. The maximum Gasteiger partial charge on any atom is 0.242 e. The molecule has 10 nitrogen and oxygen atoms in total. The minimum absolute atomic E-state index is 0.0398. The molecule has 0 bridgehead atoms. The molecular weight excluding hydrogens is 416 g/mol. The molecule has 0 fully saturated rings. The fourth-order valence-corrected chi connectivity index (χ4v) is 2.69. The molecule has 1 unspecified atom stereocenters. The predicted octanol–water partition coefficient (Wildman–Crippen LogP) is 0.499. The summed E-state index contributed by atoms with van der Waals surface area (Å²) in [5, 5.41) is 10.9. The van der Waals surface area contributed by atoms with Crippen LogP contribution in [0.4, 0.5) is 0 Å². The summed E-state index contributed by atoms with van der Waals surface area (Å²) in [6, 6.07) is -0.605. The lowest BCUT2D eigenvalue weighted by Gasteiger charge is -2.21. The number of ether oxygens (including phenoxy) is 2. The molecule has 0 saturated heterocycles. The molecule has 10 heteroatoms. The first-order chi connectivity index (χ1) is 15.4. The lowest BCUT2D eigenvalue weighted by Crippen LogP contribution is -2.50. The van der Waals surface area contributed by atoms with Gasteiger partial charge in [0, 0.05) is 32.5 Å². The first-order valence-electron chi connectivity index (χ1n) is 11.6. The van der Waals surface area contributed by atoms with E-state index in [1.54, 1.807) is 0 Å². The molecule has 0 spiro atoms. The van der Waals surface area contributed by atoms with Gasteiger partial charge in [0.25, 0.3) is 0 Å². The van der Waals surface area contributed by atoms with Gasteiger partial charge in [-0.25, -0.2) is 0 Å². The Hall–Kier alpha value is -2.20. The average molecular weight is 459 g/mol. The number of hydrogen-bond donors (Lipinski definition) is 4. The average Bonchev–Trinajstić information content (AvgIpc) is 2.76. The third-order valence-electron chi connectivity index (χ3n) is 4.57. The Kier molecular flexibility index (Phi) is 19.3. The van der Waals surface area contributed by atoms with Crippen LogP contribution in [0, 0.1) is 5.92 Å². The summed E-state index contributed by atoms with van der Waals surface area (Å²) in [7, 11) is 0. The number of carbonyl (C=O) groups is 4. The normalized spacial score (nSPS) is 11.6. The second kappa shape index (κ2) is 20.7. The Morgan fingerprint density at radius 3 is 2.16 bits per heavy atom. The Labute approximate surface area is 191 Å². The summed E-state index contributed by atoms with van der Waals surface area (Å²) < 4.78 is 10.8. The monoisotopic (exact) mass is 458 g/mol. The van der Waals surface area contributed by atoms with Gasteiger partial charge in [-0.1, -0.05) is 27.2 Å². The van der Waals surface area contributed by atoms with Crippen LogP contribution in [0.15, 0.2) is 0 Å². The lowest BCUT2D eigenvalue weighted by atomic mass is 10.0. The standard InChI is InChI=1S/C22H42N4O6/c1-4-5-8-19(28)24-12-14-32-16-15-31-13-9-20(29)26-21(18(2)3)22(30)25-11-7-6-10-23-17-27/h17-18,21H,4-16H2,1-3H3,(H,23,27)(H,24,28)(H,25,30)(H,26,29). The number of rotatable bonds is 21. The van der Waals surface area contributed by atoms with Crippen LogP contribution >= 0.6 is 0 Å². The van der Waals surface area contributed by atoms with E-state index in [4.69, 9.17) is 9.47 Å². The Morgan fingerprint density at radius 2 is 1.50 bits per heavy atom. The zero-order valence-electron chi connectivity index (χ0n) is 19.9. The van der Waals surface area contributed by atoms with Gasteiger partial charge in [0.2, 0.25) is 24.1 Å². The van der Waals surface area contributed by atoms with E-state index in [0.717, 1.165) is 25.7 Å². The lowest BCUT2D eigenvalue weighted by molar-refractivity contribution is -0.130. The molecule has 186 valence electrons. The fourth-order valence-electron chi connectivity index (χ4n) is 2.69. The Balaban J connectivity index is 3.82. The van der Waals surface area contributed by atoms with Crippen LogP contribution < -0.4 is 21.3 Å². The summed E-state index contributed by atoms with van der Waals surface area (Å²) in [6.45, 7) is 8.71. The molecule has 0 aliphatic carbocycles. The third-order valence-corrected chi connectivity index (χ3v) is 4.57. The highest BCUT2D eigenvalue weighted by molar-refractivity contribution is 5.87. The van der Waals surface area contributed by atoms with E-state index in [-0.39, 0.29) is 36.7 Å². The van der Waals surface area contributed by atoms with E-state index >= 15 is 0 Å². The first-order valence-corrected chi connectivity index (χ1v) is 11.6. The largest absolute Gasteiger partial charge is 0.379 e. The SMILES string of the molecule is CCCCC(=O)NCCOCCOCCC(=O)NC(C(=O)NCCCCNC=O)C(C)C. The molecule has 0 aliphatic rings. The van der Waals surface area contributed by atoms with Crippen LogP contribution in [-0.2, 0) is 28.7 Å². The van der Waals surface area contributed by atoms with Crippen molar-refractivity contribution in [2.75, 3.05) is 46.1 Å². The second-order valence-electron chi connectivity index (χ2n) is 7.79. The molecule has 0 heterocycles. The van der Waals surface area contributed by atoms with Crippen molar-refractivity contribution in [1.82, 2.24) is 21.3 Å². The zero-order chi connectivity index (χ0) is 24.0. The molecule has 0 aromatic rings. The second-order valence-corrected chi connectivity index (χ2v) is 7.79. The Bertz CT molecular complexity index is 531. The maximum absolute atomic E-state index is 12.3. The summed E-state index contributed by atoms with van der Waals surface area (Å²) in [4.78, 5) is 46.1. The number of hydrogen-bond acceptors (Lipinski definition) is 6. The van der Waals surface area contributed by atoms with Crippen LogP contribution in [0.1, 0.15) is 59.3 Å². The van der Waals surface area contributed by atoms with E-state index in [2.05, 4.69) is 21.3 Å². The molecule has 0 aliphatic heterocycles. The summed E-state index contributed by atoms with van der Waals surface area (Å²) in [5.41, 5.74) is 0. The summed E-state index contributed by atoms with van der Waals surface area (Å²) in [5.74, 6) is -0.469. The molecule has 0 aromatic heterocycles. The maximum atomic E-state index is 12.3. The van der Waals surface area contributed by atoms with Crippen molar-refractivity contribution in [2.45, 2.75) is 65.3 Å². The number of nitrogens with one attached hydrogen (secondary N) is 4. The van der Waals surface area contributed by atoms with Crippen molar-refractivity contribution in [2.24, 2.45) is 5.92 Å². The fraction of sp³-hybridized carbons (Fsp3) is 0.818. The molecular formula is C22H42N4O6. The van der Waals surface area contributed by atoms with E-state index in [0.29, 0.717) is 52.3 Å². The van der Waals surface area contributed by atoms with E-state index in [1.807, 2.05) is 20.8 Å². The van der Waals surface area contributed by atoms with Crippen LogP contribution in [0.5, 0.6) is 0 Å². The van der Waals surface area contributed by atoms with Crippen molar-refractivity contribution in [3.8, 4) is 0 Å². The van der Waals surface area contributed by atoms with Crippen LogP contribution in [0.3, 0.4) is 0 Å². The quantitative estimate of drug-likeness (QED) is 0.146. The van der Waals surface area contributed by atoms with Crippen molar-refractivity contribution in [1.29, 1.82) is 0 Å². The van der Waals surface area contributed by atoms with Crippen LogP contribution in [0.25, 0.3) is 0 Å². The number of amides is 4. The predicted molar refractivity (Wildman–Crippen MR) is 122 cm³/mol. The molecule has 4 amide bonds. The smallest absolute Gasteiger partial charge is 0.242 e. The van der Waals surface area contributed by atoms with Crippen LogP contribution in [-0.4, -0.2) is 76.2 Å². The molecule has 0 saturated carbocycles. The van der Waals surface area contributed by atoms with Crippen molar-refractivity contribution < 1.29 is 28.7 Å². The van der Waals surface area contributed by atoms with Gasteiger partial charge in [-0.3, -0.25) is 19.2 Å². The van der Waals surface area contributed by atoms with Gasteiger partial charge in [0.05, 0.1) is 26.4 Å². The van der Waals surface area contributed by atoms with Crippen molar-refractivity contribution in [3.63, 3.8) is 0 Å². The minimum atomic E-state index is -0.605. The number of carbonyl (C=O) groups excluding carboxylic acids is 4. The molecule has 32 heavy (non-hydrogen) atoms. The van der Waals surface area contributed by atoms with Crippen LogP contribution in [0.2, 0.25) is 0 Å². The van der Waals surface area contributed by atoms with Gasteiger partial charge in [-0.2, -0.15) is 0 Å². The van der Waals surface area contributed by atoms with Gasteiger partial charge in [0.15, 0.2) is 0 Å². The van der Waals surface area contributed by atoms with E-state index in [1.165, 1.54) is 0 Å². The molecule has 4 N–H and O–H groups in total. The molecule has 1 atom stereocenters. The highest BCUT2D eigenvalue weighted by Crippen LogP contribution is 2.03. The summed E-state index contributed by atoms with van der Waals surface area (Å²) in [6.07, 6.45) is 4.74. The van der Waals surface area contributed by atoms with Crippen molar-refractivity contribution >= 4 is 24.1 Å². The first kappa shape index (κ1) is 29.8. The highest BCUT2D eigenvalue weighted by atomic mass is 16.5. The van der Waals surface area contributed by atoms with Gasteiger partial charge in [0.1, 0.15) is 6.04 Å². The third kappa shape index (κ3) is 17.5. The van der Waals surface area contributed by atoms with Gasteiger partial charge in [-0.05, 0) is 25.2 Å². The molecule has 0 radical (unpaired) electrons.